The standard InChI is InChI=1S/C40H77NO2/c1-7-9-11-13-15-17-23-29-35(31-25-19-21-27-33(3)4)37-38(40(43)41-39(37)42)36(32-26-20-22-28-34(5)6)30-24-18-16-14-12-10-8-2/h33-38H,7-32H2,1-6H3,(H,41,42,43). The van der Waals surface area contributed by atoms with Gasteiger partial charge in [-0.25, -0.2) is 0 Å². The second-order valence-corrected chi connectivity index (χ2v) is 15.3. The molecule has 1 N–H and O–H groups in total. The molecular formula is C40H77NO2. The number of hydrogen-bond donors (Lipinski definition) is 1. The number of amides is 2. The van der Waals surface area contributed by atoms with Crippen LogP contribution in [-0.2, 0) is 9.59 Å². The summed E-state index contributed by atoms with van der Waals surface area (Å²) in [6, 6.07) is 0. The van der Waals surface area contributed by atoms with Gasteiger partial charge in [0.05, 0.1) is 11.8 Å². The number of carbonyl (C=O) groups excluding carboxylic acids is 2. The number of rotatable bonds is 30. The van der Waals surface area contributed by atoms with Crippen LogP contribution in [0, 0.1) is 35.5 Å². The lowest BCUT2D eigenvalue weighted by atomic mass is 9.70. The molecule has 0 saturated carbocycles. The van der Waals surface area contributed by atoms with Gasteiger partial charge in [-0.1, -0.05) is 183 Å². The van der Waals surface area contributed by atoms with Crippen LogP contribution in [0.4, 0.5) is 0 Å². The Labute approximate surface area is 270 Å². The molecule has 254 valence electrons. The van der Waals surface area contributed by atoms with Gasteiger partial charge in [-0.2, -0.15) is 0 Å². The highest BCUT2D eigenvalue weighted by molar-refractivity contribution is 6.05. The molecule has 0 aromatic carbocycles. The van der Waals surface area contributed by atoms with Gasteiger partial charge in [0.2, 0.25) is 11.8 Å². The predicted molar refractivity (Wildman–Crippen MR) is 188 cm³/mol. The zero-order chi connectivity index (χ0) is 31.7. The van der Waals surface area contributed by atoms with Crippen LogP contribution in [-0.4, -0.2) is 11.8 Å². The van der Waals surface area contributed by atoms with Crippen LogP contribution in [0.2, 0.25) is 0 Å². The highest BCUT2D eigenvalue weighted by Gasteiger charge is 2.48. The molecule has 1 saturated heterocycles. The minimum Gasteiger partial charge on any atom is -0.296 e. The van der Waals surface area contributed by atoms with E-state index in [4.69, 9.17) is 0 Å². The van der Waals surface area contributed by atoms with Gasteiger partial charge in [-0.05, 0) is 49.4 Å². The number of unbranched alkanes of at least 4 members (excludes halogenated alkanes) is 16. The number of hydrogen-bond acceptors (Lipinski definition) is 2. The summed E-state index contributed by atoms with van der Waals surface area (Å²) >= 11 is 0. The molecule has 1 heterocycles. The Morgan fingerprint density at radius 3 is 0.977 bits per heavy atom. The molecule has 0 aromatic rings. The maximum Gasteiger partial charge on any atom is 0.230 e. The minimum absolute atomic E-state index is 0.0644. The van der Waals surface area contributed by atoms with Gasteiger partial charge < -0.3 is 0 Å². The van der Waals surface area contributed by atoms with Crippen molar-refractivity contribution < 1.29 is 9.59 Å². The van der Waals surface area contributed by atoms with Gasteiger partial charge in [-0.3, -0.25) is 14.9 Å². The van der Waals surface area contributed by atoms with E-state index in [2.05, 4.69) is 46.9 Å². The van der Waals surface area contributed by atoms with Gasteiger partial charge in [0, 0.05) is 0 Å². The first-order valence-electron chi connectivity index (χ1n) is 19.7. The maximum atomic E-state index is 13.5. The lowest BCUT2D eigenvalue weighted by molar-refractivity contribution is -0.126. The predicted octanol–water partition coefficient (Wildman–Crippen LogP) is 12.6. The molecule has 3 nitrogen and oxygen atoms in total. The Morgan fingerprint density at radius 2 is 0.674 bits per heavy atom. The SMILES string of the molecule is CCCCCCCCCC(CCCCCC(C)C)C1C(=O)NC(=O)C1C(CCCCCCCCC)CCCCCC(C)C. The Hall–Kier alpha value is -0.860. The largest absolute Gasteiger partial charge is 0.296 e. The monoisotopic (exact) mass is 604 g/mol. The Morgan fingerprint density at radius 1 is 0.419 bits per heavy atom. The third-order valence-electron chi connectivity index (χ3n) is 10.3. The number of carbonyl (C=O) groups is 2. The Bertz CT molecular complexity index is 615. The van der Waals surface area contributed by atoms with E-state index in [0.717, 1.165) is 37.5 Å². The van der Waals surface area contributed by atoms with Gasteiger partial charge in [0.1, 0.15) is 0 Å². The molecular weight excluding hydrogens is 526 g/mol. The number of imide groups is 1. The molecule has 1 aliphatic heterocycles. The van der Waals surface area contributed by atoms with Gasteiger partial charge in [0.15, 0.2) is 0 Å². The molecule has 0 spiro atoms. The van der Waals surface area contributed by atoms with E-state index in [1.54, 1.807) is 0 Å². The average Bonchev–Trinajstić information content (AvgIpc) is 3.26. The zero-order valence-corrected chi connectivity index (χ0v) is 30.2. The molecule has 0 bridgehead atoms. The van der Waals surface area contributed by atoms with Crippen molar-refractivity contribution in [2.75, 3.05) is 0 Å². The molecule has 2 amide bonds. The second-order valence-electron chi connectivity index (χ2n) is 15.3. The molecule has 43 heavy (non-hydrogen) atoms. The van der Waals surface area contributed by atoms with Crippen molar-refractivity contribution in [2.45, 2.75) is 208 Å². The summed E-state index contributed by atoms with van der Waals surface area (Å²) < 4.78 is 0. The van der Waals surface area contributed by atoms with Crippen LogP contribution in [0.15, 0.2) is 0 Å². The fraction of sp³-hybridized carbons (Fsp3) is 0.950. The van der Waals surface area contributed by atoms with E-state index in [9.17, 15) is 9.59 Å². The molecule has 0 radical (unpaired) electrons. The molecule has 1 aliphatic rings. The number of nitrogens with one attached hydrogen (secondary N) is 1. The third kappa shape index (κ3) is 19.3. The van der Waals surface area contributed by atoms with Gasteiger partial charge in [-0.15, -0.1) is 0 Å². The van der Waals surface area contributed by atoms with Crippen molar-refractivity contribution in [3.05, 3.63) is 0 Å². The van der Waals surface area contributed by atoms with Crippen molar-refractivity contribution in [3.8, 4) is 0 Å². The normalized spacial score (nSPS) is 18.6. The third-order valence-corrected chi connectivity index (χ3v) is 10.3. The van der Waals surface area contributed by atoms with Crippen molar-refractivity contribution in [2.24, 2.45) is 35.5 Å². The van der Waals surface area contributed by atoms with Crippen LogP contribution < -0.4 is 5.32 Å². The van der Waals surface area contributed by atoms with Gasteiger partial charge >= 0.3 is 0 Å². The van der Waals surface area contributed by atoms with Crippen molar-refractivity contribution >= 4 is 11.8 Å². The first-order valence-corrected chi connectivity index (χ1v) is 19.7. The van der Waals surface area contributed by atoms with Crippen molar-refractivity contribution in [1.29, 1.82) is 0 Å². The first kappa shape index (κ1) is 40.2. The van der Waals surface area contributed by atoms with E-state index in [1.165, 1.54) is 141 Å². The van der Waals surface area contributed by atoms with Gasteiger partial charge in [0.25, 0.3) is 0 Å². The van der Waals surface area contributed by atoms with E-state index in [0.29, 0.717) is 11.8 Å². The Balaban J connectivity index is 2.93. The first-order chi connectivity index (χ1) is 20.8. The van der Waals surface area contributed by atoms with Crippen LogP contribution >= 0.6 is 0 Å². The molecule has 1 rings (SSSR count). The smallest absolute Gasteiger partial charge is 0.230 e. The van der Waals surface area contributed by atoms with Crippen LogP contribution in [0.3, 0.4) is 0 Å². The summed E-state index contributed by atoms with van der Waals surface area (Å²) in [4.78, 5) is 27.0. The van der Waals surface area contributed by atoms with Crippen molar-refractivity contribution in [1.82, 2.24) is 5.32 Å². The molecule has 4 unspecified atom stereocenters. The summed E-state index contributed by atoms with van der Waals surface area (Å²) in [7, 11) is 0. The summed E-state index contributed by atoms with van der Waals surface area (Å²) in [5.74, 6) is 2.19. The topological polar surface area (TPSA) is 46.2 Å². The highest BCUT2D eigenvalue weighted by Crippen LogP contribution is 2.41. The molecule has 3 heteroatoms. The lowest BCUT2D eigenvalue weighted by Crippen LogP contribution is -2.32. The second kappa shape index (κ2) is 26.4. The quantitative estimate of drug-likeness (QED) is 0.0655. The van der Waals surface area contributed by atoms with E-state index in [-0.39, 0.29) is 23.7 Å². The fourth-order valence-corrected chi connectivity index (χ4v) is 7.63. The van der Waals surface area contributed by atoms with Crippen molar-refractivity contribution in [3.63, 3.8) is 0 Å². The van der Waals surface area contributed by atoms with E-state index in [1.807, 2.05) is 0 Å². The maximum absolute atomic E-state index is 13.5. The van der Waals surface area contributed by atoms with Crippen LogP contribution in [0.5, 0.6) is 0 Å². The highest BCUT2D eigenvalue weighted by atomic mass is 16.2. The molecule has 0 aliphatic carbocycles. The van der Waals surface area contributed by atoms with Crippen LogP contribution in [0.1, 0.15) is 208 Å². The fourth-order valence-electron chi connectivity index (χ4n) is 7.63. The zero-order valence-electron chi connectivity index (χ0n) is 30.2. The summed E-state index contributed by atoms with van der Waals surface area (Å²) in [5, 5.41) is 2.88. The average molecular weight is 604 g/mol. The van der Waals surface area contributed by atoms with Crippen LogP contribution in [0.25, 0.3) is 0 Å². The molecule has 1 fully saturated rings. The van der Waals surface area contributed by atoms with E-state index >= 15 is 0 Å². The Kier molecular flexibility index (Phi) is 24.6. The molecule has 4 atom stereocenters. The minimum atomic E-state index is -0.0945. The van der Waals surface area contributed by atoms with E-state index < -0.39 is 0 Å². The lowest BCUT2D eigenvalue weighted by Gasteiger charge is -2.31. The molecule has 0 aromatic heterocycles. The summed E-state index contributed by atoms with van der Waals surface area (Å²) in [5.41, 5.74) is 0. The summed E-state index contributed by atoms with van der Waals surface area (Å²) in [6.45, 7) is 13.8. The summed E-state index contributed by atoms with van der Waals surface area (Å²) in [6.07, 6.45) is 32.9.